The molecule has 0 aliphatic carbocycles. The third-order valence-corrected chi connectivity index (χ3v) is 4.31. The van der Waals surface area contributed by atoms with Crippen LogP contribution in [-0.4, -0.2) is 35.3 Å². The SMILES string of the molecule is CC(C)(C)OC(=O)N1CCC(C)(OCc2ccc(I)cc2)C1. The number of hydrogen-bond donors (Lipinski definition) is 0. The Bertz CT molecular complexity index is 524. The average Bonchev–Trinajstić information content (AvgIpc) is 2.80. The van der Waals surface area contributed by atoms with Gasteiger partial charge in [-0.3, -0.25) is 0 Å². The number of hydrogen-bond acceptors (Lipinski definition) is 3. The summed E-state index contributed by atoms with van der Waals surface area (Å²) in [5, 5.41) is 0. The highest BCUT2D eigenvalue weighted by molar-refractivity contribution is 14.1. The first kappa shape index (κ1) is 17.5. The summed E-state index contributed by atoms with van der Waals surface area (Å²) in [6.07, 6.45) is 0.574. The van der Waals surface area contributed by atoms with Crippen LogP contribution in [-0.2, 0) is 16.1 Å². The van der Waals surface area contributed by atoms with Crippen LogP contribution >= 0.6 is 22.6 Å². The van der Waals surface area contributed by atoms with Crippen LogP contribution in [0.25, 0.3) is 0 Å². The van der Waals surface area contributed by atoms with Crippen LogP contribution in [0.2, 0.25) is 0 Å². The Hall–Kier alpha value is -0.820. The van der Waals surface area contributed by atoms with Gasteiger partial charge in [0.15, 0.2) is 0 Å². The molecule has 22 heavy (non-hydrogen) atoms. The van der Waals surface area contributed by atoms with Crippen LogP contribution < -0.4 is 0 Å². The van der Waals surface area contributed by atoms with Crippen LogP contribution in [0.15, 0.2) is 24.3 Å². The zero-order valence-corrected chi connectivity index (χ0v) is 15.8. The van der Waals surface area contributed by atoms with Crippen molar-refractivity contribution in [1.82, 2.24) is 4.90 Å². The van der Waals surface area contributed by atoms with Crippen molar-refractivity contribution in [2.75, 3.05) is 13.1 Å². The smallest absolute Gasteiger partial charge is 0.410 e. The largest absolute Gasteiger partial charge is 0.444 e. The van der Waals surface area contributed by atoms with E-state index in [1.807, 2.05) is 20.8 Å². The third kappa shape index (κ3) is 5.12. The van der Waals surface area contributed by atoms with E-state index in [4.69, 9.17) is 9.47 Å². The van der Waals surface area contributed by atoms with Crippen molar-refractivity contribution in [2.45, 2.75) is 51.9 Å². The van der Waals surface area contributed by atoms with E-state index in [-0.39, 0.29) is 11.7 Å². The van der Waals surface area contributed by atoms with Gasteiger partial charge < -0.3 is 14.4 Å². The van der Waals surface area contributed by atoms with Crippen molar-refractivity contribution in [3.8, 4) is 0 Å². The number of amides is 1. The van der Waals surface area contributed by atoms with Gasteiger partial charge in [0.1, 0.15) is 5.60 Å². The molecule has 1 aliphatic rings. The fourth-order valence-electron chi connectivity index (χ4n) is 2.37. The Kier molecular flexibility index (Phi) is 5.37. The second-order valence-corrected chi connectivity index (χ2v) is 8.26. The molecular weight excluding hydrogens is 393 g/mol. The van der Waals surface area contributed by atoms with Crippen LogP contribution in [0.5, 0.6) is 0 Å². The molecule has 122 valence electrons. The van der Waals surface area contributed by atoms with E-state index in [0.717, 1.165) is 12.0 Å². The van der Waals surface area contributed by atoms with Gasteiger partial charge in [0.2, 0.25) is 0 Å². The molecule has 1 heterocycles. The number of benzene rings is 1. The maximum Gasteiger partial charge on any atom is 0.410 e. The lowest BCUT2D eigenvalue weighted by Crippen LogP contribution is -2.39. The Morgan fingerprint density at radius 3 is 2.55 bits per heavy atom. The lowest BCUT2D eigenvalue weighted by Gasteiger charge is -2.27. The molecule has 0 spiro atoms. The average molecular weight is 417 g/mol. The highest BCUT2D eigenvalue weighted by Crippen LogP contribution is 2.27. The number of ether oxygens (including phenoxy) is 2. The summed E-state index contributed by atoms with van der Waals surface area (Å²) in [6.45, 7) is 9.53. The molecule has 1 unspecified atom stereocenters. The molecule has 1 amide bonds. The molecule has 4 nitrogen and oxygen atoms in total. The van der Waals surface area contributed by atoms with Crippen LogP contribution in [0.1, 0.15) is 39.7 Å². The first-order chi connectivity index (χ1) is 10.2. The third-order valence-electron chi connectivity index (χ3n) is 3.59. The van der Waals surface area contributed by atoms with Crippen LogP contribution in [0.3, 0.4) is 0 Å². The summed E-state index contributed by atoms with van der Waals surface area (Å²) in [5.41, 5.74) is 0.384. The van der Waals surface area contributed by atoms with E-state index in [9.17, 15) is 4.79 Å². The van der Waals surface area contributed by atoms with Crippen LogP contribution in [0, 0.1) is 3.57 Å². The van der Waals surface area contributed by atoms with E-state index in [2.05, 4.69) is 53.8 Å². The molecule has 1 aromatic carbocycles. The predicted octanol–water partition coefficient (Wildman–Crippen LogP) is 4.21. The maximum atomic E-state index is 12.1. The van der Waals surface area contributed by atoms with Gasteiger partial charge in [0, 0.05) is 10.1 Å². The van der Waals surface area contributed by atoms with Gasteiger partial charge in [-0.2, -0.15) is 0 Å². The zero-order chi connectivity index (χ0) is 16.4. The lowest BCUT2D eigenvalue weighted by molar-refractivity contribution is -0.0374. The summed E-state index contributed by atoms with van der Waals surface area (Å²) in [6, 6.07) is 8.30. The predicted molar refractivity (Wildman–Crippen MR) is 94.8 cm³/mol. The Morgan fingerprint density at radius 1 is 1.32 bits per heavy atom. The summed E-state index contributed by atoms with van der Waals surface area (Å²) in [5.74, 6) is 0. The first-order valence-corrected chi connectivity index (χ1v) is 8.61. The number of carbonyl (C=O) groups is 1. The van der Waals surface area contributed by atoms with E-state index in [1.54, 1.807) is 4.90 Å². The Labute approximate surface area is 146 Å². The number of rotatable bonds is 3. The van der Waals surface area contributed by atoms with Gasteiger partial charge in [-0.1, -0.05) is 12.1 Å². The lowest BCUT2D eigenvalue weighted by atomic mass is 10.1. The highest BCUT2D eigenvalue weighted by atomic mass is 127. The van der Waals surface area contributed by atoms with Crippen molar-refractivity contribution in [3.05, 3.63) is 33.4 Å². The van der Waals surface area contributed by atoms with Gasteiger partial charge in [-0.15, -0.1) is 0 Å². The second-order valence-electron chi connectivity index (χ2n) is 7.02. The van der Waals surface area contributed by atoms with Crippen molar-refractivity contribution in [2.24, 2.45) is 0 Å². The minimum Gasteiger partial charge on any atom is -0.444 e. The standard InChI is InChI=1S/C17H24INO3/c1-16(2,3)22-15(20)19-10-9-17(4,12-19)21-11-13-5-7-14(18)8-6-13/h5-8H,9-12H2,1-4H3. The molecule has 5 heteroatoms. The van der Waals surface area contributed by atoms with Crippen molar-refractivity contribution < 1.29 is 14.3 Å². The van der Waals surface area contributed by atoms with Gasteiger partial charge in [0.25, 0.3) is 0 Å². The van der Waals surface area contributed by atoms with Gasteiger partial charge >= 0.3 is 6.09 Å². The van der Waals surface area contributed by atoms with Gasteiger partial charge in [-0.25, -0.2) is 4.79 Å². The topological polar surface area (TPSA) is 38.8 Å². The first-order valence-electron chi connectivity index (χ1n) is 7.53. The minimum atomic E-state index is -0.460. The van der Waals surface area contributed by atoms with E-state index >= 15 is 0 Å². The number of likely N-dealkylation sites (tertiary alicyclic amines) is 1. The molecule has 0 N–H and O–H groups in total. The molecule has 0 aromatic heterocycles. The molecule has 1 aromatic rings. The summed E-state index contributed by atoms with van der Waals surface area (Å²) >= 11 is 2.29. The second kappa shape index (κ2) is 6.74. The summed E-state index contributed by atoms with van der Waals surface area (Å²) in [7, 11) is 0. The number of nitrogens with zero attached hydrogens (tertiary/aromatic N) is 1. The molecule has 0 radical (unpaired) electrons. The fourth-order valence-corrected chi connectivity index (χ4v) is 2.73. The monoisotopic (exact) mass is 417 g/mol. The molecule has 1 saturated heterocycles. The van der Waals surface area contributed by atoms with Gasteiger partial charge in [0.05, 0.1) is 18.8 Å². The summed E-state index contributed by atoms with van der Waals surface area (Å²) in [4.78, 5) is 13.8. The molecule has 1 aliphatic heterocycles. The van der Waals surface area contributed by atoms with Crippen LogP contribution in [0.4, 0.5) is 4.79 Å². The molecule has 1 fully saturated rings. The van der Waals surface area contributed by atoms with E-state index < -0.39 is 5.60 Å². The highest BCUT2D eigenvalue weighted by Gasteiger charge is 2.38. The molecule has 0 bridgehead atoms. The molecule has 2 rings (SSSR count). The van der Waals surface area contributed by atoms with E-state index in [0.29, 0.717) is 19.7 Å². The molecular formula is C17H24INO3. The van der Waals surface area contributed by atoms with Crippen molar-refractivity contribution >= 4 is 28.7 Å². The Balaban J connectivity index is 1.87. The Morgan fingerprint density at radius 2 is 1.95 bits per heavy atom. The molecule has 1 atom stereocenters. The minimum absolute atomic E-state index is 0.255. The van der Waals surface area contributed by atoms with E-state index in [1.165, 1.54) is 3.57 Å². The molecule has 0 saturated carbocycles. The van der Waals surface area contributed by atoms with Gasteiger partial charge in [-0.05, 0) is 74.4 Å². The summed E-state index contributed by atoms with van der Waals surface area (Å²) < 4.78 is 12.7. The number of carbonyl (C=O) groups excluding carboxylic acids is 1. The quantitative estimate of drug-likeness (QED) is 0.692. The normalized spacial score (nSPS) is 22.0. The van der Waals surface area contributed by atoms with Crippen molar-refractivity contribution in [1.29, 1.82) is 0 Å². The zero-order valence-electron chi connectivity index (χ0n) is 13.7. The maximum absolute atomic E-state index is 12.1. The number of halogens is 1. The fraction of sp³-hybridized carbons (Fsp3) is 0.588. The van der Waals surface area contributed by atoms with Crippen molar-refractivity contribution in [3.63, 3.8) is 0 Å².